The Morgan fingerprint density at radius 3 is 2.33 bits per heavy atom. The maximum atomic E-state index is 14.3. The van der Waals surface area contributed by atoms with Crippen LogP contribution in [0.4, 0.5) is 0 Å². The van der Waals surface area contributed by atoms with Crippen LogP contribution in [-0.2, 0) is 19.1 Å². The second-order valence-corrected chi connectivity index (χ2v) is 14.1. The van der Waals surface area contributed by atoms with Gasteiger partial charge >= 0.3 is 5.97 Å². The molecule has 0 radical (unpaired) electrons. The van der Waals surface area contributed by atoms with Gasteiger partial charge in [-0.1, -0.05) is 53.2 Å². The van der Waals surface area contributed by atoms with E-state index >= 15 is 0 Å². The Hall–Kier alpha value is -2.22. The van der Waals surface area contributed by atoms with Crippen molar-refractivity contribution >= 4 is 17.5 Å². The fourth-order valence-corrected chi connectivity index (χ4v) is 9.81. The summed E-state index contributed by atoms with van der Waals surface area (Å²) in [5.41, 5.74) is -0.249. The molecule has 0 aromatic rings. The van der Waals surface area contributed by atoms with Gasteiger partial charge in [0.2, 0.25) is 0 Å². The molecule has 3 saturated carbocycles. The molecule has 5 rings (SSSR count). The standard InChI is InChI=1S/C31H41NO4/c1-18-20-8-9-29(5)23(28(20,4)15-19(17-32)25(18)34)14-22(33)24-21-16-27(2,3)10-12-31(21,26(35)36-7)13-11-30(24,29)6/h14-15,18,20-21,24H,8-13,16H2,1-7H3/t18-,20?,21?,24?,28+,29-,30-,31+/m1/s1. The van der Waals surface area contributed by atoms with Crippen molar-refractivity contribution in [1.29, 1.82) is 5.26 Å². The molecule has 5 nitrogen and oxygen atoms in total. The molecule has 0 saturated heterocycles. The highest BCUT2D eigenvalue weighted by Crippen LogP contribution is 2.73. The summed E-state index contributed by atoms with van der Waals surface area (Å²) in [5.74, 6) is -0.522. The van der Waals surface area contributed by atoms with E-state index in [1.807, 2.05) is 19.1 Å². The lowest BCUT2D eigenvalue weighted by molar-refractivity contribution is -0.190. The number of Topliss-reactive ketones (excluding diaryl/α,β-unsaturated/α-hetero) is 1. The monoisotopic (exact) mass is 491 g/mol. The van der Waals surface area contributed by atoms with Gasteiger partial charge in [0.25, 0.3) is 0 Å². The quantitative estimate of drug-likeness (QED) is 0.421. The van der Waals surface area contributed by atoms with Crippen molar-refractivity contribution < 1.29 is 19.1 Å². The Labute approximate surface area is 215 Å². The van der Waals surface area contributed by atoms with E-state index in [2.05, 4.69) is 40.7 Å². The zero-order chi connectivity index (χ0) is 26.5. The summed E-state index contributed by atoms with van der Waals surface area (Å²) in [4.78, 5) is 40.5. The van der Waals surface area contributed by atoms with Crippen LogP contribution in [0.15, 0.2) is 23.3 Å². The second-order valence-electron chi connectivity index (χ2n) is 14.1. The van der Waals surface area contributed by atoms with E-state index in [0.29, 0.717) is 0 Å². The highest BCUT2D eigenvalue weighted by Gasteiger charge is 2.70. The zero-order valence-corrected chi connectivity index (χ0v) is 23.0. The third-order valence-corrected chi connectivity index (χ3v) is 12.1. The van der Waals surface area contributed by atoms with Crippen LogP contribution < -0.4 is 0 Å². The number of methoxy groups -OCH3 is 1. The molecule has 8 atom stereocenters. The van der Waals surface area contributed by atoms with Gasteiger partial charge in [0.1, 0.15) is 6.07 Å². The highest BCUT2D eigenvalue weighted by atomic mass is 16.5. The van der Waals surface area contributed by atoms with Crippen LogP contribution >= 0.6 is 0 Å². The first-order valence-electron chi connectivity index (χ1n) is 13.7. The van der Waals surface area contributed by atoms with Gasteiger partial charge in [-0.25, -0.2) is 0 Å². The van der Waals surface area contributed by atoms with E-state index in [1.54, 1.807) is 0 Å². The first kappa shape index (κ1) is 25.4. The molecule has 0 heterocycles. The van der Waals surface area contributed by atoms with E-state index in [4.69, 9.17) is 4.74 Å². The molecule has 3 unspecified atom stereocenters. The zero-order valence-electron chi connectivity index (χ0n) is 23.0. The molecular formula is C31H41NO4. The molecule has 5 heteroatoms. The molecule has 5 aliphatic rings. The molecule has 0 aliphatic heterocycles. The van der Waals surface area contributed by atoms with Crippen molar-refractivity contribution in [2.45, 2.75) is 86.5 Å². The van der Waals surface area contributed by atoms with Gasteiger partial charge in [-0.2, -0.15) is 5.26 Å². The predicted molar refractivity (Wildman–Crippen MR) is 136 cm³/mol. The summed E-state index contributed by atoms with van der Waals surface area (Å²) in [6.45, 7) is 13.2. The SMILES string of the molecule is COC(=O)[C@]12CCC(C)(C)CC1C1C(=O)C=C3[C@@]4(C)C=C(C#N)C(=O)[C@H](C)C4CC[C@@]3(C)[C@]1(C)CC2. The largest absolute Gasteiger partial charge is 0.469 e. The third-order valence-electron chi connectivity index (χ3n) is 12.1. The summed E-state index contributed by atoms with van der Waals surface area (Å²) < 4.78 is 5.39. The van der Waals surface area contributed by atoms with Gasteiger partial charge < -0.3 is 4.74 Å². The highest BCUT2D eigenvalue weighted by molar-refractivity contribution is 6.02. The first-order valence-corrected chi connectivity index (χ1v) is 13.7. The lowest BCUT2D eigenvalue weighted by Gasteiger charge is -2.68. The number of carbonyl (C=O) groups excluding carboxylic acids is 3. The molecule has 5 aliphatic carbocycles. The number of fused-ring (bicyclic) bond motifs is 7. The molecule has 3 fully saturated rings. The fourth-order valence-electron chi connectivity index (χ4n) is 9.81. The average Bonchev–Trinajstić information content (AvgIpc) is 2.82. The summed E-state index contributed by atoms with van der Waals surface area (Å²) in [7, 11) is 1.48. The molecule has 0 amide bonds. The maximum absolute atomic E-state index is 14.3. The smallest absolute Gasteiger partial charge is 0.312 e. The number of esters is 1. The number of ketones is 2. The molecule has 0 aromatic carbocycles. The molecular weight excluding hydrogens is 450 g/mol. The van der Waals surface area contributed by atoms with Gasteiger partial charge in [-0.3, -0.25) is 14.4 Å². The Morgan fingerprint density at radius 1 is 1.03 bits per heavy atom. The second kappa shape index (κ2) is 7.65. The van der Waals surface area contributed by atoms with Gasteiger partial charge in [0, 0.05) is 17.3 Å². The number of hydrogen-bond acceptors (Lipinski definition) is 5. The Morgan fingerprint density at radius 2 is 1.69 bits per heavy atom. The van der Waals surface area contributed by atoms with E-state index in [-0.39, 0.29) is 63.0 Å². The Balaban J connectivity index is 1.69. The fraction of sp³-hybridized carbons (Fsp3) is 0.742. The number of ether oxygens (including phenoxy) is 1. The van der Waals surface area contributed by atoms with Crippen LogP contribution in [0.25, 0.3) is 0 Å². The van der Waals surface area contributed by atoms with Crippen molar-refractivity contribution in [3.05, 3.63) is 23.3 Å². The van der Waals surface area contributed by atoms with E-state index in [0.717, 1.165) is 50.5 Å². The van der Waals surface area contributed by atoms with Crippen LogP contribution in [0.5, 0.6) is 0 Å². The number of rotatable bonds is 1. The third kappa shape index (κ3) is 2.96. The van der Waals surface area contributed by atoms with Crippen molar-refractivity contribution in [3.8, 4) is 6.07 Å². The molecule has 0 N–H and O–H groups in total. The molecule has 0 aromatic heterocycles. The minimum Gasteiger partial charge on any atom is -0.469 e. The number of nitriles is 1. The molecule has 0 bridgehead atoms. The number of carbonyl (C=O) groups is 3. The minimum absolute atomic E-state index is 0.0443. The molecule has 36 heavy (non-hydrogen) atoms. The van der Waals surface area contributed by atoms with Crippen LogP contribution in [-0.4, -0.2) is 24.6 Å². The summed E-state index contributed by atoms with van der Waals surface area (Å²) in [6.07, 6.45) is 9.70. The number of hydrogen-bond donors (Lipinski definition) is 0. The van der Waals surface area contributed by atoms with E-state index in [1.165, 1.54) is 7.11 Å². The van der Waals surface area contributed by atoms with Gasteiger partial charge in [0.05, 0.1) is 18.1 Å². The van der Waals surface area contributed by atoms with Gasteiger partial charge in [-0.15, -0.1) is 0 Å². The van der Waals surface area contributed by atoms with Crippen molar-refractivity contribution in [2.24, 2.45) is 50.7 Å². The maximum Gasteiger partial charge on any atom is 0.312 e. The van der Waals surface area contributed by atoms with Gasteiger partial charge in [-0.05, 0) is 79.1 Å². The van der Waals surface area contributed by atoms with Gasteiger partial charge in [0.15, 0.2) is 11.6 Å². The van der Waals surface area contributed by atoms with Crippen LogP contribution in [0, 0.1) is 62.1 Å². The van der Waals surface area contributed by atoms with E-state index in [9.17, 15) is 19.6 Å². The Kier molecular flexibility index (Phi) is 5.40. The minimum atomic E-state index is -0.591. The predicted octanol–water partition coefficient (Wildman–Crippen LogP) is 5.99. The Bertz CT molecular complexity index is 1160. The first-order chi connectivity index (χ1) is 16.7. The summed E-state index contributed by atoms with van der Waals surface area (Å²) >= 11 is 0. The summed E-state index contributed by atoms with van der Waals surface area (Å²) in [6, 6.07) is 2.15. The summed E-state index contributed by atoms with van der Waals surface area (Å²) in [5, 5.41) is 9.75. The topological polar surface area (TPSA) is 84.2 Å². The number of nitrogens with zero attached hydrogens (tertiary/aromatic N) is 1. The van der Waals surface area contributed by atoms with Crippen molar-refractivity contribution in [3.63, 3.8) is 0 Å². The van der Waals surface area contributed by atoms with Crippen LogP contribution in [0.2, 0.25) is 0 Å². The van der Waals surface area contributed by atoms with Crippen molar-refractivity contribution in [1.82, 2.24) is 0 Å². The number of allylic oxidation sites excluding steroid dienone is 4. The van der Waals surface area contributed by atoms with Crippen molar-refractivity contribution in [2.75, 3.05) is 7.11 Å². The lowest BCUT2D eigenvalue weighted by Crippen LogP contribution is -2.65. The van der Waals surface area contributed by atoms with Crippen LogP contribution in [0.1, 0.15) is 86.5 Å². The van der Waals surface area contributed by atoms with E-state index < -0.39 is 10.8 Å². The molecule has 194 valence electrons. The lowest BCUT2D eigenvalue weighted by atomic mass is 9.35. The van der Waals surface area contributed by atoms with Crippen LogP contribution in [0.3, 0.4) is 0 Å². The average molecular weight is 492 g/mol. The molecule has 0 spiro atoms. The normalized spacial score (nSPS) is 47.2.